The lowest BCUT2D eigenvalue weighted by molar-refractivity contribution is -0.0327. The van der Waals surface area contributed by atoms with E-state index in [1.165, 1.54) is 4.88 Å². The molecule has 2 aliphatic rings. The van der Waals surface area contributed by atoms with Gasteiger partial charge in [-0.3, -0.25) is 9.89 Å². The summed E-state index contributed by atoms with van der Waals surface area (Å²) in [5.74, 6) is 0.970. The van der Waals surface area contributed by atoms with Crippen molar-refractivity contribution in [3.05, 3.63) is 22.4 Å². The Balaban J connectivity index is 1.79. The molecule has 164 valence electrons. The quantitative estimate of drug-likeness (QED) is 0.555. The van der Waals surface area contributed by atoms with Crippen molar-refractivity contribution < 1.29 is 13.2 Å². The van der Waals surface area contributed by atoms with Gasteiger partial charge >= 0.3 is 0 Å². The van der Waals surface area contributed by atoms with Crippen molar-refractivity contribution in [3.8, 4) is 0 Å². The maximum Gasteiger partial charge on any atom is 0.194 e. The number of aliphatic imine (C=N–C) groups is 1. The Hall–Kier alpha value is -1.16. The molecule has 0 amide bonds. The second kappa shape index (κ2) is 9.32. The molecule has 1 aromatic rings. The van der Waals surface area contributed by atoms with Crippen LogP contribution in [0.4, 0.5) is 0 Å². The number of guanidine groups is 1. The van der Waals surface area contributed by atoms with Gasteiger partial charge in [-0.2, -0.15) is 0 Å². The number of morpholine rings is 1. The first-order valence-electron chi connectivity index (χ1n) is 10.4. The minimum atomic E-state index is -3.08. The fraction of sp³-hybridized carbons (Fsp3) is 0.750. The van der Waals surface area contributed by atoms with Gasteiger partial charge in [-0.15, -0.1) is 11.3 Å². The third-order valence-electron chi connectivity index (χ3n) is 5.68. The lowest BCUT2D eigenvalue weighted by Gasteiger charge is -2.40. The zero-order chi connectivity index (χ0) is 21.1. The number of hydrogen-bond donors (Lipinski definition) is 1. The van der Waals surface area contributed by atoms with Gasteiger partial charge in [0.05, 0.1) is 35.8 Å². The van der Waals surface area contributed by atoms with Gasteiger partial charge in [0, 0.05) is 37.6 Å². The Kier molecular flexibility index (Phi) is 7.24. The Morgan fingerprint density at radius 1 is 1.45 bits per heavy atom. The number of nitrogens with zero attached hydrogens (tertiary/aromatic N) is 3. The highest BCUT2D eigenvalue weighted by Crippen LogP contribution is 2.28. The monoisotopic (exact) mass is 442 g/mol. The SMILES string of the molecule is CCNC(=NCC(c1cccs1)N1CCOC(C)C1)N1CCS(=O)(=O)C(C)(C)C1. The second-order valence-corrected chi connectivity index (χ2v) is 12.1. The molecule has 3 rings (SSSR count). The van der Waals surface area contributed by atoms with E-state index in [2.05, 4.69) is 39.6 Å². The lowest BCUT2D eigenvalue weighted by Crippen LogP contribution is -2.57. The fourth-order valence-electron chi connectivity index (χ4n) is 3.92. The van der Waals surface area contributed by atoms with Crippen LogP contribution in [-0.2, 0) is 14.6 Å². The number of hydrogen-bond acceptors (Lipinski definition) is 6. The van der Waals surface area contributed by atoms with E-state index in [4.69, 9.17) is 9.73 Å². The van der Waals surface area contributed by atoms with Gasteiger partial charge in [-0.25, -0.2) is 8.42 Å². The van der Waals surface area contributed by atoms with Crippen molar-refractivity contribution in [2.75, 3.05) is 51.6 Å². The third-order valence-corrected chi connectivity index (χ3v) is 9.18. The molecule has 7 nitrogen and oxygen atoms in total. The van der Waals surface area contributed by atoms with E-state index in [1.54, 1.807) is 11.3 Å². The molecule has 2 saturated heterocycles. The summed E-state index contributed by atoms with van der Waals surface area (Å²) in [6.07, 6.45) is 0.219. The second-order valence-electron chi connectivity index (χ2n) is 8.40. The van der Waals surface area contributed by atoms with Crippen molar-refractivity contribution in [2.45, 2.75) is 44.6 Å². The van der Waals surface area contributed by atoms with Crippen LogP contribution in [0.1, 0.15) is 38.6 Å². The predicted octanol–water partition coefficient (Wildman–Crippen LogP) is 1.98. The van der Waals surface area contributed by atoms with Gasteiger partial charge in [-0.05, 0) is 39.1 Å². The molecule has 2 unspecified atom stereocenters. The van der Waals surface area contributed by atoms with E-state index in [0.29, 0.717) is 19.6 Å². The van der Waals surface area contributed by atoms with Gasteiger partial charge in [0.15, 0.2) is 15.8 Å². The summed E-state index contributed by atoms with van der Waals surface area (Å²) in [6, 6.07) is 4.47. The first-order valence-corrected chi connectivity index (χ1v) is 12.9. The molecule has 0 bridgehead atoms. The molecule has 9 heteroatoms. The van der Waals surface area contributed by atoms with Crippen molar-refractivity contribution in [2.24, 2.45) is 4.99 Å². The highest BCUT2D eigenvalue weighted by molar-refractivity contribution is 7.92. The van der Waals surface area contributed by atoms with Crippen LogP contribution >= 0.6 is 11.3 Å². The summed E-state index contributed by atoms with van der Waals surface area (Å²) in [7, 11) is -3.08. The standard InChI is InChI=1S/C20H34N4O3S2/c1-5-21-19(24-9-12-29(25,26)20(3,4)15-24)22-13-17(18-7-6-11-28-18)23-8-10-27-16(2)14-23/h6-7,11,16-17H,5,8-10,12-15H2,1-4H3,(H,21,22). The van der Waals surface area contributed by atoms with Crippen molar-refractivity contribution in [1.82, 2.24) is 15.1 Å². The van der Waals surface area contributed by atoms with Gasteiger partial charge in [0.25, 0.3) is 0 Å². The summed E-state index contributed by atoms with van der Waals surface area (Å²) in [6.45, 7) is 12.6. The van der Waals surface area contributed by atoms with Crippen LogP contribution in [-0.4, -0.2) is 86.7 Å². The number of ether oxygens (including phenoxy) is 1. The molecule has 0 radical (unpaired) electrons. The molecule has 0 saturated carbocycles. The van der Waals surface area contributed by atoms with E-state index in [1.807, 2.05) is 20.8 Å². The van der Waals surface area contributed by atoms with Crippen molar-refractivity contribution in [1.29, 1.82) is 0 Å². The van der Waals surface area contributed by atoms with Crippen LogP contribution in [0.2, 0.25) is 0 Å². The predicted molar refractivity (Wildman–Crippen MR) is 119 cm³/mol. The van der Waals surface area contributed by atoms with Crippen LogP contribution in [0.5, 0.6) is 0 Å². The van der Waals surface area contributed by atoms with E-state index in [-0.39, 0.29) is 17.9 Å². The largest absolute Gasteiger partial charge is 0.376 e. The molecule has 2 atom stereocenters. The van der Waals surface area contributed by atoms with Crippen molar-refractivity contribution in [3.63, 3.8) is 0 Å². The van der Waals surface area contributed by atoms with E-state index >= 15 is 0 Å². The van der Waals surface area contributed by atoms with E-state index in [9.17, 15) is 8.42 Å². The minimum Gasteiger partial charge on any atom is -0.376 e. The van der Waals surface area contributed by atoms with Gasteiger partial charge in [0.1, 0.15) is 0 Å². The minimum absolute atomic E-state index is 0.166. The average molecular weight is 443 g/mol. The summed E-state index contributed by atoms with van der Waals surface area (Å²) in [5.41, 5.74) is 0. The number of thiophene rings is 1. The fourth-order valence-corrected chi connectivity index (χ4v) is 6.14. The molecule has 2 aliphatic heterocycles. The molecular weight excluding hydrogens is 408 g/mol. The zero-order valence-electron chi connectivity index (χ0n) is 17.9. The van der Waals surface area contributed by atoms with Gasteiger partial charge in [-0.1, -0.05) is 6.07 Å². The Morgan fingerprint density at radius 2 is 2.24 bits per heavy atom. The highest BCUT2D eigenvalue weighted by atomic mass is 32.2. The molecule has 2 fully saturated rings. The summed E-state index contributed by atoms with van der Waals surface area (Å²) >= 11 is 1.76. The normalized spacial score (nSPS) is 26.3. The van der Waals surface area contributed by atoms with Gasteiger partial charge < -0.3 is 15.0 Å². The maximum atomic E-state index is 12.4. The van der Waals surface area contributed by atoms with E-state index < -0.39 is 14.6 Å². The molecular formula is C20H34N4O3S2. The van der Waals surface area contributed by atoms with Crippen molar-refractivity contribution >= 4 is 27.1 Å². The van der Waals surface area contributed by atoms with Crippen LogP contribution < -0.4 is 5.32 Å². The van der Waals surface area contributed by atoms with E-state index in [0.717, 1.165) is 32.2 Å². The molecule has 1 N–H and O–H groups in total. The Labute approximate surface area is 179 Å². The Morgan fingerprint density at radius 3 is 2.86 bits per heavy atom. The Bertz CT molecular complexity index is 793. The lowest BCUT2D eigenvalue weighted by atomic mass is 10.1. The smallest absolute Gasteiger partial charge is 0.194 e. The van der Waals surface area contributed by atoms with Crippen LogP contribution in [0.3, 0.4) is 0 Å². The number of sulfone groups is 1. The number of nitrogens with one attached hydrogen (secondary N) is 1. The van der Waals surface area contributed by atoms with Crippen LogP contribution in [0.15, 0.2) is 22.5 Å². The molecule has 29 heavy (non-hydrogen) atoms. The maximum absolute atomic E-state index is 12.4. The highest BCUT2D eigenvalue weighted by Gasteiger charge is 2.41. The molecule has 0 aliphatic carbocycles. The number of rotatable bonds is 5. The topological polar surface area (TPSA) is 74.2 Å². The molecule has 0 aromatic carbocycles. The van der Waals surface area contributed by atoms with Crippen LogP contribution in [0.25, 0.3) is 0 Å². The zero-order valence-corrected chi connectivity index (χ0v) is 19.6. The third kappa shape index (κ3) is 5.31. The first-order chi connectivity index (χ1) is 13.7. The first kappa shape index (κ1) is 22.5. The molecule has 1 aromatic heterocycles. The summed E-state index contributed by atoms with van der Waals surface area (Å²) in [5, 5.41) is 5.48. The molecule has 0 spiro atoms. The summed E-state index contributed by atoms with van der Waals surface area (Å²) < 4.78 is 29.7. The van der Waals surface area contributed by atoms with Gasteiger partial charge in [0.2, 0.25) is 0 Å². The summed E-state index contributed by atoms with van der Waals surface area (Å²) in [4.78, 5) is 10.8. The average Bonchev–Trinajstić information content (AvgIpc) is 3.18. The molecule has 3 heterocycles. The van der Waals surface area contributed by atoms with Crippen LogP contribution in [0, 0.1) is 0 Å².